The number of nitrogens with one attached hydrogen (secondary N) is 1. The zero-order valence-electron chi connectivity index (χ0n) is 17.0. The molecule has 1 fully saturated rings. The number of aromatic nitrogens is 1. The molecule has 156 valence electrons. The average molecular weight is 456 g/mol. The molecule has 0 unspecified atom stereocenters. The molecule has 0 aliphatic carbocycles. The van der Waals surface area contributed by atoms with Gasteiger partial charge in [-0.15, -0.1) is 23.1 Å². The minimum absolute atomic E-state index is 0.0639. The molecule has 3 aromatic rings. The van der Waals surface area contributed by atoms with Crippen molar-refractivity contribution in [2.24, 2.45) is 0 Å². The van der Waals surface area contributed by atoms with E-state index in [-0.39, 0.29) is 5.91 Å². The molecule has 7 heteroatoms. The maximum atomic E-state index is 13.1. The van der Waals surface area contributed by atoms with Crippen molar-refractivity contribution in [3.05, 3.63) is 75.7 Å². The van der Waals surface area contributed by atoms with Crippen molar-refractivity contribution in [1.82, 2.24) is 9.88 Å². The maximum Gasteiger partial charge on any atom is 0.256 e. The highest BCUT2D eigenvalue weighted by Crippen LogP contribution is 2.28. The molecule has 1 aliphatic heterocycles. The minimum atomic E-state index is -0.0639. The normalized spacial score (nSPS) is 14.6. The van der Waals surface area contributed by atoms with Crippen LogP contribution in [0.5, 0.6) is 0 Å². The molecule has 1 aromatic heterocycles. The van der Waals surface area contributed by atoms with Crippen LogP contribution >= 0.6 is 34.9 Å². The Kier molecular flexibility index (Phi) is 7.49. The van der Waals surface area contributed by atoms with Gasteiger partial charge in [-0.3, -0.25) is 9.69 Å². The van der Waals surface area contributed by atoms with E-state index >= 15 is 0 Å². The summed E-state index contributed by atoms with van der Waals surface area (Å²) in [5.74, 6) is 3.09. The topological polar surface area (TPSA) is 45.2 Å². The van der Waals surface area contributed by atoms with E-state index in [1.807, 2.05) is 59.1 Å². The molecule has 4 nitrogen and oxygen atoms in total. The quantitative estimate of drug-likeness (QED) is 0.474. The molecule has 1 saturated heterocycles. The molecule has 2 heterocycles. The standard InChI is InChI=1S/C23H25N3OS3/c1-17-18(13-26-9-11-28-12-10-26)5-4-7-21(17)25-23(27)20-6-2-3-8-22(20)30-15-19-14-29-16-24-19/h2-8,14,16H,9-13,15H2,1H3,(H,25,27). The highest BCUT2D eigenvalue weighted by Gasteiger charge is 2.16. The Morgan fingerprint density at radius 3 is 2.80 bits per heavy atom. The zero-order chi connectivity index (χ0) is 20.8. The van der Waals surface area contributed by atoms with Gasteiger partial charge in [-0.2, -0.15) is 11.8 Å². The molecular weight excluding hydrogens is 430 g/mol. The number of hydrogen-bond acceptors (Lipinski definition) is 6. The molecule has 30 heavy (non-hydrogen) atoms. The van der Waals surface area contributed by atoms with Crippen molar-refractivity contribution in [2.75, 3.05) is 29.9 Å². The Morgan fingerprint density at radius 1 is 1.17 bits per heavy atom. The van der Waals surface area contributed by atoms with Gasteiger partial charge in [0.1, 0.15) is 0 Å². The first-order chi connectivity index (χ1) is 14.7. The number of thiazole rings is 1. The van der Waals surface area contributed by atoms with Crippen molar-refractivity contribution in [3.8, 4) is 0 Å². The first-order valence-electron chi connectivity index (χ1n) is 9.99. The fraction of sp³-hybridized carbons (Fsp3) is 0.304. The average Bonchev–Trinajstić information content (AvgIpc) is 3.30. The van der Waals surface area contributed by atoms with Crippen LogP contribution < -0.4 is 5.32 Å². The fourth-order valence-electron chi connectivity index (χ4n) is 3.42. The third kappa shape index (κ3) is 5.46. The van der Waals surface area contributed by atoms with Gasteiger partial charge in [0.25, 0.3) is 5.91 Å². The lowest BCUT2D eigenvalue weighted by molar-refractivity contribution is 0.102. The predicted octanol–water partition coefficient (Wildman–Crippen LogP) is 5.54. The zero-order valence-corrected chi connectivity index (χ0v) is 19.4. The van der Waals surface area contributed by atoms with Crippen LogP contribution in [0.2, 0.25) is 0 Å². The molecule has 4 rings (SSSR count). The number of anilines is 1. The van der Waals surface area contributed by atoms with Crippen LogP contribution in [0.25, 0.3) is 0 Å². The molecule has 1 aliphatic rings. The Morgan fingerprint density at radius 2 is 2.00 bits per heavy atom. The summed E-state index contributed by atoms with van der Waals surface area (Å²) in [6.45, 7) is 5.30. The molecule has 0 atom stereocenters. The smallest absolute Gasteiger partial charge is 0.256 e. The second-order valence-electron chi connectivity index (χ2n) is 7.20. The van der Waals surface area contributed by atoms with Crippen molar-refractivity contribution in [2.45, 2.75) is 24.1 Å². The lowest BCUT2D eigenvalue weighted by Crippen LogP contribution is -2.32. The van der Waals surface area contributed by atoms with E-state index in [4.69, 9.17) is 0 Å². The lowest BCUT2D eigenvalue weighted by atomic mass is 10.1. The van der Waals surface area contributed by atoms with E-state index in [9.17, 15) is 4.79 Å². The number of carbonyl (C=O) groups excluding carboxylic acids is 1. The maximum absolute atomic E-state index is 13.1. The molecule has 1 N–H and O–H groups in total. The molecule has 0 saturated carbocycles. The first-order valence-corrected chi connectivity index (χ1v) is 13.1. The number of carbonyl (C=O) groups is 1. The highest BCUT2D eigenvalue weighted by molar-refractivity contribution is 7.99. The van der Waals surface area contributed by atoms with E-state index in [0.717, 1.165) is 47.2 Å². The van der Waals surface area contributed by atoms with Crippen LogP contribution in [0.4, 0.5) is 5.69 Å². The third-order valence-electron chi connectivity index (χ3n) is 5.18. The molecule has 2 aromatic carbocycles. The summed E-state index contributed by atoms with van der Waals surface area (Å²) >= 11 is 5.27. The minimum Gasteiger partial charge on any atom is -0.322 e. The monoisotopic (exact) mass is 455 g/mol. The molecule has 0 radical (unpaired) electrons. The Bertz CT molecular complexity index is 985. The van der Waals surface area contributed by atoms with Crippen LogP contribution in [-0.4, -0.2) is 40.4 Å². The van der Waals surface area contributed by atoms with Crippen molar-refractivity contribution >= 4 is 46.5 Å². The van der Waals surface area contributed by atoms with Crippen LogP contribution in [-0.2, 0) is 12.3 Å². The van der Waals surface area contributed by atoms with Crippen LogP contribution in [0.3, 0.4) is 0 Å². The number of hydrogen-bond donors (Lipinski definition) is 1. The third-order valence-corrected chi connectivity index (χ3v) is 7.87. The Balaban J connectivity index is 1.47. The predicted molar refractivity (Wildman–Crippen MR) is 130 cm³/mol. The van der Waals surface area contributed by atoms with Crippen LogP contribution in [0.15, 0.2) is 58.3 Å². The lowest BCUT2D eigenvalue weighted by Gasteiger charge is -2.27. The molecule has 0 bridgehead atoms. The Labute approximate surface area is 190 Å². The van der Waals surface area contributed by atoms with E-state index in [0.29, 0.717) is 5.56 Å². The number of thioether (sulfide) groups is 2. The second kappa shape index (κ2) is 10.5. The van der Waals surface area contributed by atoms with E-state index in [2.05, 4.69) is 28.2 Å². The van der Waals surface area contributed by atoms with Crippen molar-refractivity contribution in [3.63, 3.8) is 0 Å². The Hall–Kier alpha value is -1.80. The van der Waals surface area contributed by atoms with Crippen molar-refractivity contribution < 1.29 is 4.79 Å². The van der Waals surface area contributed by atoms with E-state index < -0.39 is 0 Å². The second-order valence-corrected chi connectivity index (χ2v) is 10.2. The summed E-state index contributed by atoms with van der Waals surface area (Å²) in [5.41, 5.74) is 6.91. The van der Waals surface area contributed by atoms with Gasteiger partial charge in [0.2, 0.25) is 0 Å². The summed E-state index contributed by atoms with van der Waals surface area (Å²) in [6, 6.07) is 14.0. The van der Waals surface area contributed by atoms with Gasteiger partial charge >= 0.3 is 0 Å². The summed E-state index contributed by atoms with van der Waals surface area (Å²) in [6.07, 6.45) is 0. The number of amides is 1. The van der Waals surface area contributed by atoms with Gasteiger partial charge in [-0.05, 0) is 36.2 Å². The summed E-state index contributed by atoms with van der Waals surface area (Å²) < 4.78 is 0. The van der Waals surface area contributed by atoms with Gasteiger partial charge in [0.15, 0.2) is 0 Å². The van der Waals surface area contributed by atoms with Gasteiger partial charge in [-0.25, -0.2) is 4.98 Å². The van der Waals surface area contributed by atoms with Crippen LogP contribution in [0.1, 0.15) is 27.2 Å². The number of benzene rings is 2. The SMILES string of the molecule is Cc1c(CN2CCSCC2)cccc1NC(=O)c1ccccc1SCc1cscn1. The molecule has 0 spiro atoms. The van der Waals surface area contributed by atoms with Gasteiger partial charge in [0, 0.05) is 52.9 Å². The number of rotatable bonds is 7. The summed E-state index contributed by atoms with van der Waals surface area (Å²) in [4.78, 5) is 20.9. The van der Waals surface area contributed by atoms with Crippen LogP contribution in [0, 0.1) is 6.92 Å². The summed E-state index contributed by atoms with van der Waals surface area (Å²) in [5, 5.41) is 5.20. The van der Waals surface area contributed by atoms with Gasteiger partial charge in [0.05, 0.1) is 16.8 Å². The fourth-order valence-corrected chi connectivity index (χ4v) is 6.02. The van der Waals surface area contributed by atoms with E-state index in [1.165, 1.54) is 17.1 Å². The van der Waals surface area contributed by atoms with Gasteiger partial charge in [-0.1, -0.05) is 24.3 Å². The summed E-state index contributed by atoms with van der Waals surface area (Å²) in [7, 11) is 0. The molecule has 1 amide bonds. The largest absolute Gasteiger partial charge is 0.322 e. The highest BCUT2D eigenvalue weighted by atomic mass is 32.2. The number of nitrogens with zero attached hydrogens (tertiary/aromatic N) is 2. The van der Waals surface area contributed by atoms with Gasteiger partial charge < -0.3 is 5.32 Å². The van der Waals surface area contributed by atoms with Crippen molar-refractivity contribution in [1.29, 1.82) is 0 Å². The molecular formula is C23H25N3OS3. The first kappa shape index (κ1) is 21.4. The van der Waals surface area contributed by atoms with E-state index in [1.54, 1.807) is 23.1 Å².